The second kappa shape index (κ2) is 7.06. The van der Waals surface area contributed by atoms with Crippen molar-refractivity contribution in [2.24, 2.45) is 5.92 Å². The lowest BCUT2D eigenvalue weighted by atomic mass is 10.0. The first-order chi connectivity index (χ1) is 11.2. The largest absolute Gasteiger partial charge is 0.379 e. The number of ketones is 1. The summed E-state index contributed by atoms with van der Waals surface area (Å²) in [6.45, 7) is 8.34. The fourth-order valence-corrected chi connectivity index (χ4v) is 3.11. The van der Waals surface area contributed by atoms with Crippen molar-refractivity contribution in [2.75, 3.05) is 37.7 Å². The van der Waals surface area contributed by atoms with Gasteiger partial charge in [0, 0.05) is 44.2 Å². The number of ether oxygens (including phenoxy) is 1. The van der Waals surface area contributed by atoms with Gasteiger partial charge in [-0.25, -0.2) is 0 Å². The van der Waals surface area contributed by atoms with Gasteiger partial charge in [0.15, 0.2) is 5.78 Å². The van der Waals surface area contributed by atoms with Crippen LogP contribution < -0.4 is 4.90 Å². The Kier molecular flexibility index (Phi) is 4.88. The van der Waals surface area contributed by atoms with Gasteiger partial charge in [-0.15, -0.1) is 0 Å². The quantitative estimate of drug-likeness (QED) is 0.775. The Hall–Kier alpha value is -1.98. The summed E-state index contributed by atoms with van der Waals surface area (Å²) in [5.41, 5.74) is 2.08. The van der Waals surface area contributed by atoms with Crippen LogP contribution >= 0.6 is 0 Å². The Balaban J connectivity index is 1.63. The van der Waals surface area contributed by atoms with Crippen molar-refractivity contribution in [1.82, 2.24) is 4.90 Å². The molecule has 3 rings (SSSR count). The van der Waals surface area contributed by atoms with E-state index in [0.717, 1.165) is 38.5 Å². The summed E-state index contributed by atoms with van der Waals surface area (Å²) in [7, 11) is 0. The SMILES string of the molecule is C=CC(=O)[C@H]1CC(=O)N(c2ccc(CN3CCOCC3)cc2)C1. The third kappa shape index (κ3) is 3.68. The molecule has 122 valence electrons. The van der Waals surface area contributed by atoms with Gasteiger partial charge in [0.2, 0.25) is 5.91 Å². The van der Waals surface area contributed by atoms with E-state index in [1.165, 1.54) is 11.6 Å². The summed E-state index contributed by atoms with van der Waals surface area (Å²) in [4.78, 5) is 27.9. The molecule has 0 unspecified atom stereocenters. The second-order valence-electron chi connectivity index (χ2n) is 6.07. The van der Waals surface area contributed by atoms with Crippen LogP contribution in [0.2, 0.25) is 0 Å². The highest BCUT2D eigenvalue weighted by Crippen LogP contribution is 2.26. The predicted octanol–water partition coefficient (Wildman–Crippen LogP) is 1.63. The molecule has 1 amide bonds. The maximum absolute atomic E-state index is 12.1. The van der Waals surface area contributed by atoms with Crippen LogP contribution in [0.5, 0.6) is 0 Å². The maximum atomic E-state index is 12.1. The molecule has 0 N–H and O–H groups in total. The molecule has 0 aromatic heterocycles. The zero-order valence-electron chi connectivity index (χ0n) is 13.2. The fourth-order valence-electron chi connectivity index (χ4n) is 3.11. The number of anilines is 1. The molecular formula is C18H22N2O3. The van der Waals surface area contributed by atoms with E-state index in [2.05, 4.69) is 23.6 Å². The first-order valence-corrected chi connectivity index (χ1v) is 8.03. The van der Waals surface area contributed by atoms with Gasteiger partial charge < -0.3 is 9.64 Å². The molecule has 2 fully saturated rings. The minimum Gasteiger partial charge on any atom is -0.379 e. The van der Waals surface area contributed by atoms with E-state index in [4.69, 9.17) is 4.74 Å². The van der Waals surface area contributed by atoms with Gasteiger partial charge in [0.1, 0.15) is 0 Å². The van der Waals surface area contributed by atoms with Crippen molar-refractivity contribution in [3.63, 3.8) is 0 Å². The van der Waals surface area contributed by atoms with Crippen LogP contribution in [0.1, 0.15) is 12.0 Å². The molecule has 0 bridgehead atoms. The summed E-state index contributed by atoms with van der Waals surface area (Å²) in [6.07, 6.45) is 1.59. The Morgan fingerprint density at radius 2 is 1.96 bits per heavy atom. The summed E-state index contributed by atoms with van der Waals surface area (Å²) < 4.78 is 5.35. The van der Waals surface area contributed by atoms with Crippen LogP contribution in [0.3, 0.4) is 0 Å². The average Bonchev–Trinajstić information content (AvgIpc) is 2.98. The number of allylic oxidation sites excluding steroid dienone is 1. The molecule has 1 aromatic rings. The summed E-state index contributed by atoms with van der Waals surface area (Å²) in [6, 6.07) is 8.05. The lowest BCUT2D eigenvalue weighted by Gasteiger charge is -2.26. The monoisotopic (exact) mass is 314 g/mol. The van der Waals surface area contributed by atoms with E-state index in [-0.39, 0.29) is 24.0 Å². The van der Waals surface area contributed by atoms with E-state index in [1.807, 2.05) is 12.1 Å². The summed E-state index contributed by atoms with van der Waals surface area (Å²) in [5.74, 6) is -0.302. The van der Waals surface area contributed by atoms with Crippen molar-refractivity contribution in [3.05, 3.63) is 42.5 Å². The second-order valence-corrected chi connectivity index (χ2v) is 6.07. The molecule has 0 spiro atoms. The van der Waals surface area contributed by atoms with Crippen molar-refractivity contribution in [3.8, 4) is 0 Å². The molecule has 0 radical (unpaired) electrons. The number of hydrogen-bond acceptors (Lipinski definition) is 4. The molecule has 5 nitrogen and oxygen atoms in total. The van der Waals surface area contributed by atoms with Crippen LogP contribution in [0, 0.1) is 5.92 Å². The molecule has 1 aromatic carbocycles. The number of rotatable bonds is 5. The first-order valence-electron chi connectivity index (χ1n) is 8.03. The molecule has 23 heavy (non-hydrogen) atoms. The van der Waals surface area contributed by atoms with Crippen LogP contribution in [0.25, 0.3) is 0 Å². The minimum atomic E-state index is -0.256. The van der Waals surface area contributed by atoms with Gasteiger partial charge in [0.25, 0.3) is 0 Å². The molecule has 2 aliphatic heterocycles. The van der Waals surface area contributed by atoms with Gasteiger partial charge in [-0.3, -0.25) is 14.5 Å². The van der Waals surface area contributed by atoms with Gasteiger partial charge in [-0.05, 0) is 23.8 Å². The van der Waals surface area contributed by atoms with E-state index in [1.54, 1.807) is 4.90 Å². The van der Waals surface area contributed by atoms with E-state index in [9.17, 15) is 9.59 Å². The number of amides is 1. The fraction of sp³-hybridized carbons (Fsp3) is 0.444. The van der Waals surface area contributed by atoms with Crippen molar-refractivity contribution in [2.45, 2.75) is 13.0 Å². The van der Waals surface area contributed by atoms with Crippen LogP contribution in [-0.2, 0) is 20.9 Å². The number of hydrogen-bond donors (Lipinski definition) is 0. The van der Waals surface area contributed by atoms with Gasteiger partial charge >= 0.3 is 0 Å². The Morgan fingerprint density at radius 1 is 1.26 bits per heavy atom. The Labute approximate surface area is 136 Å². The molecule has 5 heteroatoms. The summed E-state index contributed by atoms with van der Waals surface area (Å²) >= 11 is 0. The normalized spacial score (nSPS) is 22.3. The number of carbonyl (C=O) groups is 2. The highest BCUT2D eigenvalue weighted by Gasteiger charge is 2.33. The first kappa shape index (κ1) is 15.9. The predicted molar refractivity (Wildman–Crippen MR) is 88.2 cm³/mol. The van der Waals surface area contributed by atoms with Gasteiger partial charge in [0.05, 0.1) is 13.2 Å². The number of morpholine rings is 1. The lowest BCUT2D eigenvalue weighted by molar-refractivity contribution is -0.121. The minimum absolute atomic E-state index is 0.00568. The molecule has 2 aliphatic rings. The number of benzene rings is 1. The van der Waals surface area contributed by atoms with Crippen LogP contribution in [0.4, 0.5) is 5.69 Å². The molecular weight excluding hydrogens is 292 g/mol. The van der Waals surface area contributed by atoms with E-state index >= 15 is 0 Å². The Morgan fingerprint density at radius 3 is 2.61 bits per heavy atom. The van der Waals surface area contributed by atoms with E-state index in [0.29, 0.717) is 6.54 Å². The standard InChI is InChI=1S/C18H22N2O3/c1-2-17(21)15-11-18(22)20(13-15)16-5-3-14(4-6-16)12-19-7-9-23-10-8-19/h2-6,15H,1,7-13H2/t15-/m0/s1. The zero-order chi connectivity index (χ0) is 16.2. The molecule has 0 aliphatic carbocycles. The van der Waals surface area contributed by atoms with Crippen LogP contribution in [-0.4, -0.2) is 49.4 Å². The third-order valence-corrected chi connectivity index (χ3v) is 4.49. The molecule has 2 saturated heterocycles. The highest BCUT2D eigenvalue weighted by atomic mass is 16.5. The molecule has 2 heterocycles. The van der Waals surface area contributed by atoms with Gasteiger partial charge in [-0.2, -0.15) is 0 Å². The van der Waals surface area contributed by atoms with E-state index < -0.39 is 0 Å². The van der Waals surface area contributed by atoms with Gasteiger partial charge in [-0.1, -0.05) is 18.7 Å². The van der Waals surface area contributed by atoms with Crippen molar-refractivity contribution in [1.29, 1.82) is 0 Å². The van der Waals surface area contributed by atoms with Crippen LogP contribution in [0.15, 0.2) is 36.9 Å². The number of carbonyl (C=O) groups excluding carboxylic acids is 2. The lowest BCUT2D eigenvalue weighted by Crippen LogP contribution is -2.35. The molecule has 1 atom stereocenters. The Bertz CT molecular complexity index is 591. The topological polar surface area (TPSA) is 49.9 Å². The molecule has 0 saturated carbocycles. The van der Waals surface area contributed by atoms with Crippen molar-refractivity contribution >= 4 is 17.4 Å². The zero-order valence-corrected chi connectivity index (χ0v) is 13.2. The number of nitrogens with zero attached hydrogens (tertiary/aromatic N) is 2. The average molecular weight is 314 g/mol. The smallest absolute Gasteiger partial charge is 0.227 e. The summed E-state index contributed by atoms with van der Waals surface area (Å²) in [5, 5.41) is 0. The highest BCUT2D eigenvalue weighted by molar-refractivity contribution is 6.03. The maximum Gasteiger partial charge on any atom is 0.227 e. The van der Waals surface area contributed by atoms with Crippen molar-refractivity contribution < 1.29 is 14.3 Å². The third-order valence-electron chi connectivity index (χ3n) is 4.49.